The minimum atomic E-state index is -1.58. The van der Waals surface area contributed by atoms with E-state index in [1.54, 1.807) is 5.48 Å². The van der Waals surface area contributed by atoms with Crippen LogP contribution in [0.15, 0.2) is 12.7 Å². The Morgan fingerprint density at radius 2 is 2.30 bits per heavy atom. The zero-order valence-corrected chi connectivity index (χ0v) is 5.16. The van der Waals surface area contributed by atoms with Gasteiger partial charge in [-0.1, -0.05) is 6.08 Å². The summed E-state index contributed by atoms with van der Waals surface area (Å²) >= 11 is 0. The summed E-state index contributed by atoms with van der Waals surface area (Å²) in [6.45, 7) is 3.36. The molecule has 0 aromatic rings. The predicted octanol–water partition coefficient (Wildman–Crippen LogP) is -0.695. The highest BCUT2D eigenvalue weighted by Crippen LogP contribution is 1.69. The lowest BCUT2D eigenvalue weighted by atomic mass is 10.7. The Labute approximate surface area is 57.2 Å². The van der Waals surface area contributed by atoms with Crippen LogP contribution in [0.2, 0.25) is 0 Å². The predicted molar refractivity (Wildman–Crippen MR) is 31.9 cm³/mol. The molecule has 0 aromatic carbocycles. The number of carbonyl (C=O) groups is 2. The molecule has 0 atom stereocenters. The van der Waals surface area contributed by atoms with E-state index in [0.29, 0.717) is 0 Å². The van der Waals surface area contributed by atoms with Gasteiger partial charge in [-0.05, 0) is 0 Å². The Morgan fingerprint density at radius 3 is 2.70 bits per heavy atom. The molecule has 5 nitrogen and oxygen atoms in total. The van der Waals surface area contributed by atoms with Crippen molar-refractivity contribution in [3.05, 3.63) is 12.7 Å². The summed E-state index contributed by atoms with van der Waals surface area (Å²) in [5.74, 6) is -2.77. The monoisotopic (exact) mass is 145 g/mol. The normalized spacial score (nSPS) is 8.40. The fraction of sp³-hybridized carbons (Fsp3) is 0.200. The van der Waals surface area contributed by atoms with Gasteiger partial charge in [0.15, 0.2) is 0 Å². The maximum Gasteiger partial charge on any atom is 0.396 e. The lowest BCUT2D eigenvalue weighted by molar-refractivity contribution is -0.156. The van der Waals surface area contributed by atoms with Gasteiger partial charge in [0.25, 0.3) is 0 Å². The topological polar surface area (TPSA) is 75.6 Å². The van der Waals surface area contributed by atoms with Gasteiger partial charge in [0, 0.05) is 0 Å². The van der Waals surface area contributed by atoms with E-state index in [-0.39, 0.29) is 6.61 Å². The van der Waals surface area contributed by atoms with E-state index >= 15 is 0 Å². The van der Waals surface area contributed by atoms with E-state index in [9.17, 15) is 9.59 Å². The van der Waals surface area contributed by atoms with Gasteiger partial charge in [-0.25, -0.2) is 10.3 Å². The van der Waals surface area contributed by atoms with Crippen LogP contribution >= 0.6 is 0 Å². The van der Waals surface area contributed by atoms with E-state index in [0.717, 1.165) is 0 Å². The zero-order valence-electron chi connectivity index (χ0n) is 5.16. The minimum absolute atomic E-state index is 0.0824. The number of hydrogen-bond donors (Lipinski definition) is 2. The second-order valence-electron chi connectivity index (χ2n) is 1.34. The third-order valence-corrected chi connectivity index (χ3v) is 0.560. The average molecular weight is 145 g/mol. The summed E-state index contributed by atoms with van der Waals surface area (Å²) in [4.78, 5) is 24.2. The van der Waals surface area contributed by atoms with E-state index in [1.165, 1.54) is 6.08 Å². The van der Waals surface area contributed by atoms with Gasteiger partial charge < -0.3 is 5.11 Å². The van der Waals surface area contributed by atoms with Crippen molar-refractivity contribution in [2.24, 2.45) is 0 Å². The van der Waals surface area contributed by atoms with Crippen LogP contribution in [0.3, 0.4) is 0 Å². The van der Waals surface area contributed by atoms with Crippen LogP contribution in [0, 0.1) is 0 Å². The van der Waals surface area contributed by atoms with Gasteiger partial charge in [0.2, 0.25) is 0 Å². The minimum Gasteiger partial charge on any atom is -0.474 e. The van der Waals surface area contributed by atoms with Gasteiger partial charge in [-0.15, -0.1) is 6.58 Å². The molecule has 0 fully saturated rings. The number of amides is 1. The second-order valence-corrected chi connectivity index (χ2v) is 1.34. The van der Waals surface area contributed by atoms with Crippen molar-refractivity contribution < 1.29 is 19.5 Å². The van der Waals surface area contributed by atoms with Crippen LogP contribution in [0.4, 0.5) is 0 Å². The van der Waals surface area contributed by atoms with Crippen LogP contribution < -0.4 is 5.48 Å². The van der Waals surface area contributed by atoms with E-state index in [1.807, 2.05) is 0 Å². The van der Waals surface area contributed by atoms with Crippen molar-refractivity contribution in [2.45, 2.75) is 0 Å². The molecule has 56 valence electrons. The number of carboxylic acids is 1. The summed E-state index contributed by atoms with van der Waals surface area (Å²) in [6.07, 6.45) is 1.38. The second kappa shape index (κ2) is 4.51. The Bertz CT molecular complexity index is 154. The Kier molecular flexibility index (Phi) is 3.90. The number of carbonyl (C=O) groups excluding carboxylic acids is 1. The van der Waals surface area contributed by atoms with Crippen molar-refractivity contribution in [2.75, 3.05) is 6.61 Å². The van der Waals surface area contributed by atoms with Crippen molar-refractivity contribution in [1.29, 1.82) is 0 Å². The number of rotatable bonds is 3. The van der Waals surface area contributed by atoms with Gasteiger partial charge in [0.1, 0.15) is 0 Å². The summed E-state index contributed by atoms with van der Waals surface area (Å²) in [6, 6.07) is 0. The lowest BCUT2D eigenvalue weighted by Gasteiger charge is -1.97. The fourth-order valence-electron chi connectivity index (χ4n) is 0.210. The number of nitrogens with one attached hydrogen (secondary N) is 1. The molecule has 1 amide bonds. The van der Waals surface area contributed by atoms with Crippen molar-refractivity contribution in [3.8, 4) is 0 Å². The van der Waals surface area contributed by atoms with Crippen LogP contribution in [-0.2, 0) is 14.4 Å². The first-order valence-corrected chi connectivity index (χ1v) is 2.44. The van der Waals surface area contributed by atoms with Crippen molar-refractivity contribution in [3.63, 3.8) is 0 Å². The van der Waals surface area contributed by atoms with Crippen molar-refractivity contribution >= 4 is 11.9 Å². The molecule has 0 rings (SSSR count). The summed E-state index contributed by atoms with van der Waals surface area (Å²) in [7, 11) is 0. The molecule has 0 radical (unpaired) electrons. The Morgan fingerprint density at radius 1 is 1.70 bits per heavy atom. The van der Waals surface area contributed by atoms with Gasteiger partial charge >= 0.3 is 11.9 Å². The first-order chi connectivity index (χ1) is 4.68. The average Bonchev–Trinajstić information content (AvgIpc) is 1.88. The largest absolute Gasteiger partial charge is 0.474 e. The highest BCUT2D eigenvalue weighted by Gasteiger charge is 2.08. The summed E-state index contributed by atoms with van der Waals surface area (Å²) < 4.78 is 0. The van der Waals surface area contributed by atoms with Crippen LogP contribution in [-0.4, -0.2) is 23.6 Å². The van der Waals surface area contributed by atoms with Gasteiger partial charge in [-0.2, -0.15) is 0 Å². The zero-order chi connectivity index (χ0) is 7.98. The SMILES string of the molecule is C=CCONC(=O)C(=O)O. The molecule has 0 aliphatic rings. The highest BCUT2D eigenvalue weighted by atomic mass is 16.7. The number of carboxylic acid groups (broad SMARTS) is 1. The smallest absolute Gasteiger partial charge is 0.396 e. The first-order valence-electron chi connectivity index (χ1n) is 2.44. The maximum atomic E-state index is 10.1. The van der Waals surface area contributed by atoms with Gasteiger partial charge in [0.05, 0.1) is 6.61 Å². The van der Waals surface area contributed by atoms with Crippen molar-refractivity contribution in [1.82, 2.24) is 5.48 Å². The molecular formula is C5H7NO4. The molecule has 0 aliphatic carbocycles. The number of hydroxylamine groups is 1. The maximum absolute atomic E-state index is 10.1. The molecule has 0 saturated heterocycles. The molecule has 2 N–H and O–H groups in total. The summed E-state index contributed by atoms with van der Waals surface area (Å²) in [5, 5.41) is 7.96. The first kappa shape index (κ1) is 8.64. The summed E-state index contributed by atoms with van der Waals surface area (Å²) in [5.41, 5.74) is 1.67. The lowest BCUT2D eigenvalue weighted by Crippen LogP contribution is -2.30. The molecule has 0 heterocycles. The standard InChI is InChI=1S/C5H7NO4/c1-2-3-10-6-4(7)5(8)9/h2H,1,3H2,(H,6,7)(H,8,9). The molecule has 5 heteroatoms. The van der Waals surface area contributed by atoms with E-state index < -0.39 is 11.9 Å². The Balaban J connectivity index is 3.40. The fourth-order valence-corrected chi connectivity index (χ4v) is 0.210. The molecule has 0 aliphatic heterocycles. The Hall–Kier alpha value is -1.36. The van der Waals surface area contributed by atoms with E-state index in [4.69, 9.17) is 5.11 Å². The van der Waals surface area contributed by atoms with Crippen LogP contribution in [0.1, 0.15) is 0 Å². The highest BCUT2D eigenvalue weighted by molar-refractivity contribution is 6.31. The van der Waals surface area contributed by atoms with E-state index in [2.05, 4.69) is 11.4 Å². The van der Waals surface area contributed by atoms with Gasteiger partial charge in [-0.3, -0.25) is 9.63 Å². The van der Waals surface area contributed by atoms with Crippen LogP contribution in [0.25, 0.3) is 0 Å². The number of hydrogen-bond acceptors (Lipinski definition) is 3. The molecule has 0 aromatic heterocycles. The molecule has 10 heavy (non-hydrogen) atoms. The molecule has 0 unspecified atom stereocenters. The third kappa shape index (κ3) is 3.62. The molecule has 0 saturated carbocycles. The number of aliphatic carboxylic acids is 1. The quantitative estimate of drug-likeness (QED) is 0.238. The molecule has 0 spiro atoms. The third-order valence-electron chi connectivity index (χ3n) is 0.560. The molecular weight excluding hydrogens is 138 g/mol. The van der Waals surface area contributed by atoms with Crippen LogP contribution in [0.5, 0.6) is 0 Å². The molecule has 0 bridgehead atoms.